The number of aromatic amines is 1. The van der Waals surface area contributed by atoms with E-state index in [4.69, 9.17) is 0 Å². The molecule has 1 aliphatic rings. The van der Waals surface area contributed by atoms with Crippen molar-refractivity contribution in [1.82, 2.24) is 19.5 Å². The van der Waals surface area contributed by atoms with E-state index in [1.165, 1.54) is 10.9 Å². The molecule has 1 aliphatic carbocycles. The number of nitrogens with zero attached hydrogens (tertiary/aromatic N) is 3. The van der Waals surface area contributed by atoms with Crippen molar-refractivity contribution in [1.29, 1.82) is 0 Å². The fourth-order valence-electron chi connectivity index (χ4n) is 3.74. The third-order valence-electron chi connectivity index (χ3n) is 5.26. The number of hydrogen-bond donors (Lipinski definition) is 5. The van der Waals surface area contributed by atoms with Crippen molar-refractivity contribution in [3.05, 3.63) is 52.6 Å². The highest BCUT2D eigenvalue weighted by Crippen LogP contribution is 2.36. The average Bonchev–Trinajstić information content (AvgIpc) is 3.24. The molecule has 0 radical (unpaired) electrons. The number of amides is 1. The minimum absolute atomic E-state index is 0.0306. The van der Waals surface area contributed by atoms with E-state index in [-0.39, 0.29) is 36.0 Å². The lowest BCUT2D eigenvalue weighted by molar-refractivity contribution is -0.115. The Labute approximate surface area is 164 Å². The number of benzene rings is 1. The van der Waals surface area contributed by atoms with Gasteiger partial charge in [0.05, 0.1) is 24.9 Å². The molecule has 4 atom stereocenters. The average molecular weight is 399 g/mol. The number of carbonyl (C=O) groups is 1. The van der Waals surface area contributed by atoms with Crippen LogP contribution in [0.4, 0.5) is 5.95 Å². The summed E-state index contributed by atoms with van der Waals surface area (Å²) in [5.41, 5.74) is 0.519. The maximum absolute atomic E-state index is 12.4. The van der Waals surface area contributed by atoms with E-state index in [1.807, 2.05) is 30.3 Å². The van der Waals surface area contributed by atoms with Crippen molar-refractivity contribution < 1.29 is 20.1 Å². The van der Waals surface area contributed by atoms with Crippen LogP contribution in [0.3, 0.4) is 0 Å². The third kappa shape index (κ3) is 3.65. The number of nitrogens with one attached hydrogen (secondary N) is 2. The highest BCUT2D eigenvalue weighted by molar-refractivity contribution is 5.91. The summed E-state index contributed by atoms with van der Waals surface area (Å²) in [4.78, 5) is 35.5. The second-order valence-electron chi connectivity index (χ2n) is 7.18. The Balaban J connectivity index is 1.62. The summed E-state index contributed by atoms with van der Waals surface area (Å²) in [6.07, 6.45) is -0.443. The van der Waals surface area contributed by atoms with Gasteiger partial charge in [-0.15, -0.1) is 0 Å². The van der Waals surface area contributed by atoms with E-state index in [0.717, 1.165) is 5.56 Å². The first-order valence-electron chi connectivity index (χ1n) is 9.25. The van der Waals surface area contributed by atoms with Crippen molar-refractivity contribution in [2.45, 2.75) is 31.1 Å². The molecule has 0 spiro atoms. The Hall–Kier alpha value is -3.08. The summed E-state index contributed by atoms with van der Waals surface area (Å²) < 4.78 is 1.50. The number of aromatic nitrogens is 4. The first-order chi connectivity index (χ1) is 14.0. The van der Waals surface area contributed by atoms with Gasteiger partial charge < -0.3 is 19.9 Å². The second-order valence-corrected chi connectivity index (χ2v) is 7.18. The Bertz CT molecular complexity index is 1080. The smallest absolute Gasteiger partial charge is 0.280 e. The lowest BCUT2D eigenvalue weighted by atomic mass is 10.1. The van der Waals surface area contributed by atoms with Gasteiger partial charge in [0.1, 0.15) is 6.10 Å². The fourth-order valence-corrected chi connectivity index (χ4v) is 3.74. The van der Waals surface area contributed by atoms with Crippen LogP contribution < -0.4 is 10.9 Å². The Morgan fingerprint density at radius 1 is 1.24 bits per heavy atom. The normalized spacial score (nSPS) is 24.1. The number of aliphatic hydroxyl groups is 3. The molecule has 0 bridgehead atoms. The first-order valence-corrected chi connectivity index (χ1v) is 9.25. The van der Waals surface area contributed by atoms with Gasteiger partial charge in [-0.1, -0.05) is 30.3 Å². The summed E-state index contributed by atoms with van der Waals surface area (Å²) in [6.45, 7) is -0.268. The summed E-state index contributed by atoms with van der Waals surface area (Å²) in [6, 6.07) is 8.54. The molecule has 1 fully saturated rings. The number of H-pyrrole nitrogens is 1. The van der Waals surface area contributed by atoms with E-state index in [1.54, 1.807) is 0 Å². The summed E-state index contributed by atoms with van der Waals surface area (Å²) in [7, 11) is 0. The van der Waals surface area contributed by atoms with E-state index in [9.17, 15) is 24.9 Å². The van der Waals surface area contributed by atoms with Crippen molar-refractivity contribution in [3.63, 3.8) is 0 Å². The fraction of sp³-hybridized carbons (Fsp3) is 0.368. The van der Waals surface area contributed by atoms with Gasteiger partial charge in [-0.2, -0.15) is 4.98 Å². The van der Waals surface area contributed by atoms with Crippen molar-refractivity contribution in [2.75, 3.05) is 11.9 Å². The Kier molecular flexibility index (Phi) is 5.14. The van der Waals surface area contributed by atoms with Gasteiger partial charge in [0.25, 0.3) is 5.56 Å². The van der Waals surface area contributed by atoms with Crippen LogP contribution in [0.5, 0.6) is 0 Å². The van der Waals surface area contributed by atoms with E-state index < -0.39 is 29.7 Å². The minimum atomic E-state index is -1.14. The van der Waals surface area contributed by atoms with Gasteiger partial charge in [-0.3, -0.25) is 19.9 Å². The van der Waals surface area contributed by atoms with E-state index in [2.05, 4.69) is 20.3 Å². The zero-order chi connectivity index (χ0) is 20.5. The van der Waals surface area contributed by atoms with Crippen LogP contribution in [0.1, 0.15) is 18.0 Å². The third-order valence-corrected chi connectivity index (χ3v) is 5.26. The molecule has 29 heavy (non-hydrogen) atoms. The van der Waals surface area contributed by atoms with Gasteiger partial charge >= 0.3 is 0 Å². The van der Waals surface area contributed by atoms with Gasteiger partial charge in [-0.25, -0.2) is 4.98 Å². The lowest BCUT2D eigenvalue weighted by Gasteiger charge is -2.18. The zero-order valence-corrected chi connectivity index (χ0v) is 15.4. The van der Waals surface area contributed by atoms with Crippen LogP contribution in [0, 0.1) is 5.92 Å². The predicted octanol–water partition coefficient (Wildman–Crippen LogP) is -0.424. The molecule has 1 amide bonds. The monoisotopic (exact) mass is 399 g/mol. The van der Waals surface area contributed by atoms with Crippen molar-refractivity contribution in [2.24, 2.45) is 5.92 Å². The topological polar surface area (TPSA) is 153 Å². The van der Waals surface area contributed by atoms with Crippen LogP contribution in [-0.2, 0) is 11.2 Å². The van der Waals surface area contributed by atoms with Crippen LogP contribution in [0.2, 0.25) is 0 Å². The quantitative estimate of drug-likeness (QED) is 0.390. The summed E-state index contributed by atoms with van der Waals surface area (Å²) in [5.74, 6) is -0.863. The second kappa shape index (κ2) is 7.74. The number of carbonyl (C=O) groups excluding carboxylic acids is 1. The molecule has 1 saturated carbocycles. The molecule has 4 rings (SSSR count). The maximum Gasteiger partial charge on any atom is 0.280 e. The highest BCUT2D eigenvalue weighted by Gasteiger charge is 2.42. The standard InChI is InChI=1S/C19H21N5O5/c25-8-11-7-12(16(28)15(11)27)24-9-20-14-17(24)22-19(23-18(14)29)21-13(26)6-10-4-2-1-3-5-10/h1-5,9,11-12,15-16,25,27-28H,6-8H2,(H2,21,22,23,26,29)/t11-,12-,15-,16+/m1/s1. The zero-order valence-electron chi connectivity index (χ0n) is 15.4. The number of fused-ring (bicyclic) bond motifs is 1. The van der Waals surface area contributed by atoms with Crippen LogP contribution in [-0.4, -0.2) is 59.6 Å². The largest absolute Gasteiger partial charge is 0.396 e. The van der Waals surface area contributed by atoms with Crippen LogP contribution in [0.15, 0.2) is 41.5 Å². The molecule has 2 aromatic heterocycles. The first kappa shape index (κ1) is 19.2. The SMILES string of the molecule is O=C(Cc1ccccc1)Nc1nc2c(ncn2[C@@H]2C[C@H](CO)[C@@H](O)[C@H]2O)c(=O)[nH]1. The van der Waals surface area contributed by atoms with Gasteiger partial charge in [-0.05, 0) is 12.0 Å². The molecule has 10 heteroatoms. The number of anilines is 1. The molecule has 10 nitrogen and oxygen atoms in total. The van der Waals surface area contributed by atoms with E-state index >= 15 is 0 Å². The maximum atomic E-state index is 12.4. The van der Waals surface area contributed by atoms with Gasteiger partial charge in [0.15, 0.2) is 11.2 Å². The summed E-state index contributed by atoms with van der Waals surface area (Å²) in [5, 5.41) is 32.4. The van der Waals surface area contributed by atoms with Crippen molar-refractivity contribution >= 4 is 23.0 Å². The molecule has 3 aromatic rings. The molecule has 0 saturated heterocycles. The number of aliphatic hydroxyl groups excluding tert-OH is 3. The lowest BCUT2D eigenvalue weighted by Crippen LogP contribution is -2.30. The van der Waals surface area contributed by atoms with Gasteiger partial charge in [0.2, 0.25) is 11.9 Å². The minimum Gasteiger partial charge on any atom is -0.396 e. The predicted molar refractivity (Wildman–Crippen MR) is 103 cm³/mol. The number of hydrogen-bond acceptors (Lipinski definition) is 7. The van der Waals surface area contributed by atoms with Crippen LogP contribution in [0.25, 0.3) is 11.2 Å². The molecule has 2 heterocycles. The number of rotatable bonds is 5. The Morgan fingerprint density at radius 2 is 2.00 bits per heavy atom. The Morgan fingerprint density at radius 3 is 2.69 bits per heavy atom. The molecule has 0 unspecified atom stereocenters. The molecular weight excluding hydrogens is 378 g/mol. The molecule has 5 N–H and O–H groups in total. The summed E-state index contributed by atoms with van der Waals surface area (Å²) >= 11 is 0. The van der Waals surface area contributed by atoms with Crippen molar-refractivity contribution in [3.8, 4) is 0 Å². The van der Waals surface area contributed by atoms with Gasteiger partial charge in [0, 0.05) is 12.5 Å². The molecule has 152 valence electrons. The van der Waals surface area contributed by atoms with E-state index in [0.29, 0.717) is 6.42 Å². The highest BCUT2D eigenvalue weighted by atomic mass is 16.3. The molecule has 0 aliphatic heterocycles. The molecular formula is C19H21N5O5. The van der Waals surface area contributed by atoms with Crippen LogP contribution >= 0.6 is 0 Å². The molecule has 1 aromatic carbocycles. The number of imidazole rings is 1.